The van der Waals surface area contributed by atoms with Crippen molar-refractivity contribution >= 4 is 11.4 Å². The van der Waals surface area contributed by atoms with Gasteiger partial charge in [0.1, 0.15) is 0 Å². The average molecular weight is 298 g/mol. The SMILES string of the molecule is COc1cc(N2CCCCCC2CO)c(F)cc1[N+](=O)[O-]. The van der Waals surface area contributed by atoms with Gasteiger partial charge in [0, 0.05) is 12.6 Å². The largest absolute Gasteiger partial charge is 0.490 e. The van der Waals surface area contributed by atoms with E-state index in [1.165, 1.54) is 13.2 Å². The number of aliphatic hydroxyl groups excluding tert-OH is 1. The summed E-state index contributed by atoms with van der Waals surface area (Å²) in [6.45, 7) is 0.544. The first kappa shape index (κ1) is 15.5. The minimum Gasteiger partial charge on any atom is -0.490 e. The third kappa shape index (κ3) is 3.24. The number of rotatable bonds is 4. The Morgan fingerprint density at radius 1 is 1.48 bits per heavy atom. The second-order valence-electron chi connectivity index (χ2n) is 5.11. The lowest BCUT2D eigenvalue weighted by molar-refractivity contribution is -0.385. The highest BCUT2D eigenvalue weighted by atomic mass is 19.1. The average Bonchev–Trinajstić information content (AvgIpc) is 2.71. The molecule has 0 spiro atoms. The molecule has 1 saturated heterocycles. The predicted octanol–water partition coefficient (Wildman–Crippen LogP) is 2.48. The van der Waals surface area contributed by atoms with Crippen LogP contribution in [0.5, 0.6) is 5.75 Å². The van der Waals surface area contributed by atoms with Crippen LogP contribution in [0.15, 0.2) is 12.1 Å². The third-order valence-electron chi connectivity index (χ3n) is 3.84. The van der Waals surface area contributed by atoms with Crippen molar-refractivity contribution in [1.82, 2.24) is 0 Å². The standard InChI is InChI=1S/C14H19FN2O4/c1-21-14-8-12(11(15)7-13(14)17(19)20)16-6-4-2-3-5-10(16)9-18/h7-8,10,18H,2-6,9H2,1H3. The van der Waals surface area contributed by atoms with Crippen molar-refractivity contribution in [3.8, 4) is 5.75 Å². The van der Waals surface area contributed by atoms with Crippen LogP contribution in [0, 0.1) is 15.9 Å². The molecule has 0 amide bonds. The minimum atomic E-state index is -0.669. The van der Waals surface area contributed by atoms with Gasteiger partial charge in [-0.2, -0.15) is 0 Å². The van der Waals surface area contributed by atoms with Crippen molar-refractivity contribution in [2.24, 2.45) is 0 Å². The number of ether oxygens (including phenoxy) is 1. The molecule has 0 bridgehead atoms. The number of hydrogen-bond acceptors (Lipinski definition) is 5. The molecule has 1 N–H and O–H groups in total. The maximum absolute atomic E-state index is 14.3. The fourth-order valence-electron chi connectivity index (χ4n) is 2.74. The molecule has 1 aliphatic rings. The molecule has 1 aromatic rings. The number of benzene rings is 1. The molecule has 7 heteroatoms. The molecule has 1 unspecified atom stereocenters. The Kier molecular flexibility index (Phi) is 4.95. The molecule has 0 aromatic heterocycles. The molecule has 116 valence electrons. The summed E-state index contributed by atoms with van der Waals surface area (Å²) in [6, 6.07) is 2.06. The van der Waals surface area contributed by atoms with E-state index in [2.05, 4.69) is 0 Å². The van der Waals surface area contributed by atoms with E-state index in [9.17, 15) is 19.6 Å². The smallest absolute Gasteiger partial charge is 0.313 e. The highest BCUT2D eigenvalue weighted by Gasteiger charge is 2.27. The Morgan fingerprint density at radius 2 is 2.24 bits per heavy atom. The molecular weight excluding hydrogens is 279 g/mol. The van der Waals surface area contributed by atoms with Crippen LogP contribution in [-0.4, -0.2) is 36.3 Å². The summed E-state index contributed by atoms with van der Waals surface area (Å²) in [5, 5.41) is 20.4. The normalized spacial score (nSPS) is 19.2. The van der Waals surface area contributed by atoms with Gasteiger partial charge in [0.25, 0.3) is 0 Å². The Hall–Kier alpha value is -1.89. The number of methoxy groups -OCH3 is 1. The quantitative estimate of drug-likeness (QED) is 0.682. The van der Waals surface area contributed by atoms with E-state index in [1.54, 1.807) is 4.90 Å². The molecule has 1 aromatic carbocycles. The fraction of sp³-hybridized carbons (Fsp3) is 0.571. The van der Waals surface area contributed by atoms with E-state index in [0.29, 0.717) is 6.54 Å². The zero-order valence-electron chi connectivity index (χ0n) is 11.9. The van der Waals surface area contributed by atoms with Crippen molar-refractivity contribution in [2.75, 3.05) is 25.2 Å². The molecule has 21 heavy (non-hydrogen) atoms. The van der Waals surface area contributed by atoms with Gasteiger partial charge in [0.2, 0.25) is 0 Å². The predicted molar refractivity (Wildman–Crippen MR) is 76.3 cm³/mol. The van der Waals surface area contributed by atoms with Crippen LogP contribution in [0.4, 0.5) is 15.8 Å². The molecule has 2 rings (SSSR count). The lowest BCUT2D eigenvalue weighted by Crippen LogP contribution is -2.38. The lowest BCUT2D eigenvalue weighted by Gasteiger charge is -2.31. The zero-order valence-corrected chi connectivity index (χ0v) is 11.9. The summed E-state index contributed by atoms with van der Waals surface area (Å²) in [5.74, 6) is -0.639. The first-order chi connectivity index (χ1) is 10.1. The fourth-order valence-corrected chi connectivity index (χ4v) is 2.74. The van der Waals surface area contributed by atoms with Gasteiger partial charge in [-0.1, -0.05) is 12.8 Å². The summed E-state index contributed by atoms with van der Waals surface area (Å²) < 4.78 is 19.3. The number of nitrogens with zero attached hydrogens (tertiary/aromatic N) is 2. The Morgan fingerprint density at radius 3 is 2.86 bits per heavy atom. The van der Waals surface area contributed by atoms with E-state index < -0.39 is 16.4 Å². The highest BCUT2D eigenvalue weighted by Crippen LogP contribution is 2.36. The molecular formula is C14H19FN2O4. The number of hydrogen-bond donors (Lipinski definition) is 1. The number of nitro benzene ring substituents is 1. The van der Waals surface area contributed by atoms with Gasteiger partial charge >= 0.3 is 5.69 Å². The van der Waals surface area contributed by atoms with Crippen molar-refractivity contribution < 1.29 is 19.2 Å². The number of anilines is 1. The molecule has 6 nitrogen and oxygen atoms in total. The number of nitro groups is 1. The highest BCUT2D eigenvalue weighted by molar-refractivity contribution is 5.61. The lowest BCUT2D eigenvalue weighted by atomic mass is 10.1. The molecule has 1 fully saturated rings. The van der Waals surface area contributed by atoms with Gasteiger partial charge in [-0.15, -0.1) is 0 Å². The van der Waals surface area contributed by atoms with Gasteiger partial charge in [0.15, 0.2) is 11.6 Å². The second-order valence-corrected chi connectivity index (χ2v) is 5.11. The monoisotopic (exact) mass is 298 g/mol. The summed E-state index contributed by atoms with van der Waals surface area (Å²) in [7, 11) is 1.32. The van der Waals surface area contributed by atoms with Gasteiger partial charge in [-0.3, -0.25) is 10.1 Å². The van der Waals surface area contributed by atoms with E-state index in [-0.39, 0.29) is 24.1 Å². The number of halogens is 1. The summed E-state index contributed by atoms with van der Waals surface area (Å²) >= 11 is 0. The van der Waals surface area contributed by atoms with Crippen LogP contribution in [0.3, 0.4) is 0 Å². The molecule has 1 heterocycles. The van der Waals surface area contributed by atoms with E-state index >= 15 is 0 Å². The maximum Gasteiger partial charge on any atom is 0.313 e. The first-order valence-electron chi connectivity index (χ1n) is 6.98. The van der Waals surface area contributed by atoms with E-state index in [0.717, 1.165) is 31.7 Å². The minimum absolute atomic E-state index is 0.0253. The molecule has 0 radical (unpaired) electrons. The molecule has 1 atom stereocenters. The Bertz CT molecular complexity index is 524. The van der Waals surface area contributed by atoms with Gasteiger partial charge in [-0.05, 0) is 12.8 Å². The van der Waals surface area contributed by atoms with Crippen LogP contribution in [0.1, 0.15) is 25.7 Å². The zero-order chi connectivity index (χ0) is 15.4. The molecule has 0 aliphatic carbocycles. The summed E-state index contributed by atoms with van der Waals surface area (Å²) in [6.07, 6.45) is 3.68. The molecule has 0 saturated carbocycles. The Labute approximate surface area is 122 Å². The van der Waals surface area contributed by atoms with Gasteiger partial charge in [-0.25, -0.2) is 4.39 Å². The maximum atomic E-state index is 14.3. The summed E-state index contributed by atoms with van der Waals surface area (Å²) in [5.41, 5.74) is -0.146. The topological polar surface area (TPSA) is 75.8 Å². The van der Waals surface area contributed by atoms with Gasteiger partial charge in [0.05, 0.1) is 36.4 Å². The molecule has 1 aliphatic heterocycles. The number of aliphatic hydroxyl groups is 1. The van der Waals surface area contributed by atoms with Gasteiger partial charge < -0.3 is 14.7 Å². The van der Waals surface area contributed by atoms with Crippen LogP contribution >= 0.6 is 0 Å². The van der Waals surface area contributed by atoms with Crippen LogP contribution in [0.25, 0.3) is 0 Å². The van der Waals surface area contributed by atoms with Crippen LogP contribution in [-0.2, 0) is 0 Å². The Balaban J connectivity index is 2.44. The summed E-state index contributed by atoms with van der Waals surface area (Å²) in [4.78, 5) is 12.0. The first-order valence-corrected chi connectivity index (χ1v) is 6.98. The van der Waals surface area contributed by atoms with Crippen molar-refractivity contribution in [2.45, 2.75) is 31.7 Å². The third-order valence-corrected chi connectivity index (χ3v) is 3.84. The van der Waals surface area contributed by atoms with Crippen LogP contribution < -0.4 is 9.64 Å². The second kappa shape index (κ2) is 6.71. The van der Waals surface area contributed by atoms with Crippen LogP contribution in [0.2, 0.25) is 0 Å². The van der Waals surface area contributed by atoms with Crippen molar-refractivity contribution in [1.29, 1.82) is 0 Å². The van der Waals surface area contributed by atoms with Crippen molar-refractivity contribution in [3.05, 3.63) is 28.1 Å². The van der Waals surface area contributed by atoms with Crippen molar-refractivity contribution in [3.63, 3.8) is 0 Å². The van der Waals surface area contributed by atoms with E-state index in [4.69, 9.17) is 4.74 Å². The van der Waals surface area contributed by atoms with E-state index in [1.807, 2.05) is 0 Å².